The molecule has 0 aliphatic rings. The molecular formula is C81H155NO5. The van der Waals surface area contributed by atoms with Gasteiger partial charge in [-0.05, 0) is 77.0 Å². The number of rotatable bonds is 75. The molecule has 6 nitrogen and oxygen atoms in total. The van der Waals surface area contributed by atoms with Gasteiger partial charge < -0.3 is 20.3 Å². The Morgan fingerprint density at radius 2 is 0.598 bits per heavy atom. The van der Waals surface area contributed by atoms with Crippen molar-refractivity contribution in [2.24, 2.45) is 0 Å². The molecule has 0 saturated heterocycles. The highest BCUT2D eigenvalue weighted by Gasteiger charge is 2.20. The van der Waals surface area contributed by atoms with Crippen LogP contribution in [0.25, 0.3) is 0 Å². The first-order chi connectivity index (χ1) is 43.0. The molecule has 0 aromatic carbocycles. The molecule has 0 fully saturated rings. The number of hydrogen-bond donors (Lipinski definition) is 3. The van der Waals surface area contributed by atoms with Gasteiger partial charge in [0.15, 0.2) is 0 Å². The molecule has 514 valence electrons. The van der Waals surface area contributed by atoms with E-state index in [1.165, 1.54) is 360 Å². The molecule has 0 saturated carbocycles. The fourth-order valence-corrected chi connectivity index (χ4v) is 12.6. The number of amides is 1. The predicted molar refractivity (Wildman–Crippen MR) is 384 cm³/mol. The summed E-state index contributed by atoms with van der Waals surface area (Å²) < 4.78 is 5.48. The van der Waals surface area contributed by atoms with Crippen molar-refractivity contribution in [2.75, 3.05) is 13.2 Å². The molecule has 6 heteroatoms. The first-order valence-electron chi connectivity index (χ1n) is 39.7. The molecule has 2 atom stereocenters. The highest BCUT2D eigenvalue weighted by molar-refractivity contribution is 5.76. The molecule has 0 bridgehead atoms. The van der Waals surface area contributed by atoms with Crippen LogP contribution in [0.4, 0.5) is 0 Å². The maximum Gasteiger partial charge on any atom is 0.305 e. The van der Waals surface area contributed by atoms with E-state index in [0.29, 0.717) is 25.9 Å². The van der Waals surface area contributed by atoms with Crippen molar-refractivity contribution in [2.45, 2.75) is 456 Å². The Bertz CT molecular complexity index is 1410. The first-order valence-corrected chi connectivity index (χ1v) is 39.7. The lowest BCUT2D eigenvalue weighted by atomic mass is 10.0. The molecule has 0 aliphatic heterocycles. The molecule has 87 heavy (non-hydrogen) atoms. The van der Waals surface area contributed by atoms with Crippen LogP contribution in [0.3, 0.4) is 0 Å². The summed E-state index contributed by atoms with van der Waals surface area (Å²) >= 11 is 0. The van der Waals surface area contributed by atoms with Gasteiger partial charge in [-0.15, -0.1) is 0 Å². The zero-order valence-corrected chi connectivity index (χ0v) is 59.0. The lowest BCUT2D eigenvalue weighted by molar-refractivity contribution is -0.143. The van der Waals surface area contributed by atoms with Gasteiger partial charge in [-0.25, -0.2) is 0 Å². The van der Waals surface area contributed by atoms with E-state index >= 15 is 0 Å². The van der Waals surface area contributed by atoms with E-state index in [2.05, 4.69) is 55.6 Å². The third-order valence-electron chi connectivity index (χ3n) is 18.6. The second-order valence-corrected chi connectivity index (χ2v) is 27.4. The Morgan fingerprint density at radius 3 is 0.931 bits per heavy atom. The van der Waals surface area contributed by atoms with E-state index in [0.717, 1.165) is 51.4 Å². The maximum atomic E-state index is 12.6. The van der Waals surface area contributed by atoms with Gasteiger partial charge in [0, 0.05) is 12.8 Å². The Balaban J connectivity index is 3.34. The minimum absolute atomic E-state index is 0.00654. The minimum Gasteiger partial charge on any atom is -0.466 e. The van der Waals surface area contributed by atoms with E-state index in [1.54, 1.807) is 0 Å². The number of carbonyl (C=O) groups is 2. The van der Waals surface area contributed by atoms with Crippen molar-refractivity contribution in [1.29, 1.82) is 0 Å². The van der Waals surface area contributed by atoms with Gasteiger partial charge in [0.1, 0.15) is 0 Å². The summed E-state index contributed by atoms with van der Waals surface area (Å²) in [5.41, 5.74) is 0. The molecule has 0 aromatic heterocycles. The van der Waals surface area contributed by atoms with Crippen molar-refractivity contribution >= 4 is 11.9 Å². The lowest BCUT2D eigenvalue weighted by Gasteiger charge is -2.22. The van der Waals surface area contributed by atoms with Gasteiger partial charge >= 0.3 is 5.97 Å². The Morgan fingerprint density at radius 1 is 0.322 bits per heavy atom. The smallest absolute Gasteiger partial charge is 0.305 e. The van der Waals surface area contributed by atoms with Crippen molar-refractivity contribution < 1.29 is 24.5 Å². The topological polar surface area (TPSA) is 95.9 Å². The summed E-state index contributed by atoms with van der Waals surface area (Å²) in [6.07, 6.45) is 99.6. The fraction of sp³-hybridized carbons (Fsp3) is 0.901. The van der Waals surface area contributed by atoms with Gasteiger partial charge in [-0.2, -0.15) is 0 Å². The van der Waals surface area contributed by atoms with Crippen LogP contribution in [0.5, 0.6) is 0 Å². The standard InChI is InChI=1S/C81H155NO5/c1-3-5-7-9-11-13-15-17-18-19-20-40-43-46-50-53-57-61-65-69-73-79(84)78(77-83)82-80(85)74-70-66-62-58-54-51-47-44-41-38-36-34-32-30-28-26-24-22-21-23-25-27-29-31-33-35-37-39-42-45-48-52-56-60-64-68-72-76-87-81(86)75-71-67-63-59-55-49-16-14-12-10-8-6-4-2/h8,10,14,16,21,23,78-79,83-84H,3-7,9,11-13,15,17-20,22,24-77H2,1-2H3,(H,82,85)/b10-8-,16-14-,23-21-. The third-order valence-corrected chi connectivity index (χ3v) is 18.6. The van der Waals surface area contributed by atoms with Crippen LogP contribution in [-0.2, 0) is 14.3 Å². The van der Waals surface area contributed by atoms with Crippen LogP contribution < -0.4 is 5.32 Å². The number of ether oxygens (including phenoxy) is 1. The molecule has 3 N–H and O–H groups in total. The second-order valence-electron chi connectivity index (χ2n) is 27.4. The molecular weight excluding hydrogens is 1070 g/mol. The van der Waals surface area contributed by atoms with Gasteiger partial charge in [0.25, 0.3) is 0 Å². The van der Waals surface area contributed by atoms with Crippen molar-refractivity contribution in [3.05, 3.63) is 36.5 Å². The molecule has 0 aromatic rings. The number of hydrogen-bond acceptors (Lipinski definition) is 5. The second kappa shape index (κ2) is 76.5. The quantitative estimate of drug-likeness (QED) is 0.0320. The fourth-order valence-electron chi connectivity index (χ4n) is 12.6. The summed E-state index contributed by atoms with van der Waals surface area (Å²) in [7, 11) is 0. The average Bonchev–Trinajstić information content (AvgIpc) is 3.54. The van der Waals surface area contributed by atoms with E-state index in [4.69, 9.17) is 4.74 Å². The Kier molecular flexibility index (Phi) is 74.8. The number of aliphatic hydroxyl groups is 2. The number of unbranched alkanes of at least 4 members (excludes halogenated alkanes) is 58. The van der Waals surface area contributed by atoms with Crippen LogP contribution >= 0.6 is 0 Å². The summed E-state index contributed by atoms with van der Waals surface area (Å²) in [6, 6.07) is -0.539. The Hall–Kier alpha value is -1.92. The number of esters is 1. The third kappa shape index (κ3) is 73.0. The minimum atomic E-state index is -0.662. The van der Waals surface area contributed by atoms with E-state index < -0.39 is 12.1 Å². The molecule has 1 amide bonds. The maximum absolute atomic E-state index is 12.6. The largest absolute Gasteiger partial charge is 0.466 e. The highest BCUT2D eigenvalue weighted by atomic mass is 16.5. The summed E-state index contributed by atoms with van der Waals surface area (Å²) in [5, 5.41) is 23.4. The van der Waals surface area contributed by atoms with Crippen LogP contribution in [0, 0.1) is 0 Å². The zero-order valence-electron chi connectivity index (χ0n) is 59.0. The molecule has 0 spiro atoms. The van der Waals surface area contributed by atoms with Crippen molar-refractivity contribution in [3.63, 3.8) is 0 Å². The summed E-state index contributed by atoms with van der Waals surface area (Å²) in [5.74, 6) is -0.0196. The van der Waals surface area contributed by atoms with Gasteiger partial charge in [0.2, 0.25) is 5.91 Å². The zero-order chi connectivity index (χ0) is 62.8. The Labute approximate surface area is 544 Å². The molecule has 2 unspecified atom stereocenters. The molecule has 0 rings (SSSR count). The first kappa shape index (κ1) is 85.1. The van der Waals surface area contributed by atoms with Crippen LogP contribution in [0.2, 0.25) is 0 Å². The monoisotopic (exact) mass is 1220 g/mol. The number of allylic oxidation sites excluding steroid dienone is 6. The van der Waals surface area contributed by atoms with Crippen molar-refractivity contribution in [1.82, 2.24) is 5.32 Å². The SMILES string of the molecule is CCC/C=C\C/C=C\CCCCCCCC(=O)OCCCCCCCCCCCCCCCCCC/C=C\CCCCCCCCCCCCCCCCCCCC(=O)NC(CO)C(O)CCCCCCCCCCCCCCCCCCCCCC. The molecule has 0 aliphatic carbocycles. The van der Waals surface area contributed by atoms with Gasteiger partial charge in [-0.3, -0.25) is 9.59 Å². The average molecular weight is 1220 g/mol. The number of carbonyl (C=O) groups excluding carboxylic acids is 2. The molecule has 0 heterocycles. The predicted octanol–water partition coefficient (Wildman–Crippen LogP) is 26.2. The van der Waals surface area contributed by atoms with Gasteiger partial charge in [0.05, 0.1) is 25.4 Å². The van der Waals surface area contributed by atoms with Crippen LogP contribution in [0.1, 0.15) is 444 Å². The number of nitrogens with one attached hydrogen (secondary N) is 1. The van der Waals surface area contributed by atoms with Crippen LogP contribution in [0.15, 0.2) is 36.5 Å². The number of aliphatic hydroxyl groups excluding tert-OH is 2. The summed E-state index contributed by atoms with van der Waals surface area (Å²) in [6.45, 7) is 4.93. The van der Waals surface area contributed by atoms with E-state index in [-0.39, 0.29) is 18.5 Å². The highest BCUT2D eigenvalue weighted by Crippen LogP contribution is 2.20. The van der Waals surface area contributed by atoms with Crippen LogP contribution in [-0.4, -0.2) is 47.4 Å². The summed E-state index contributed by atoms with van der Waals surface area (Å²) in [4.78, 5) is 24.6. The van der Waals surface area contributed by atoms with Gasteiger partial charge in [-0.1, -0.05) is 391 Å². The van der Waals surface area contributed by atoms with E-state index in [1.807, 2.05) is 0 Å². The normalized spacial score (nSPS) is 12.6. The van der Waals surface area contributed by atoms with E-state index in [9.17, 15) is 19.8 Å². The lowest BCUT2D eigenvalue weighted by Crippen LogP contribution is -2.45. The van der Waals surface area contributed by atoms with Crippen molar-refractivity contribution in [3.8, 4) is 0 Å². The molecule has 0 radical (unpaired) electrons.